The number of aromatic nitrogens is 2. The summed E-state index contributed by atoms with van der Waals surface area (Å²) in [5.41, 5.74) is 0.875. The molecule has 6 rings (SSSR count). The lowest BCUT2D eigenvalue weighted by molar-refractivity contribution is 0.0827. The van der Waals surface area contributed by atoms with E-state index in [4.69, 9.17) is 0 Å². The molecule has 1 atom stereocenters. The molecular formula is C18H20N4O3S. The number of nitrogens with zero attached hydrogens (tertiary/aromatic N) is 1. The van der Waals surface area contributed by atoms with Gasteiger partial charge in [0.15, 0.2) is 0 Å². The Morgan fingerprint density at radius 3 is 2.65 bits per heavy atom. The lowest BCUT2D eigenvalue weighted by atomic mass is 9.85. The van der Waals surface area contributed by atoms with E-state index in [0.29, 0.717) is 17.0 Å². The van der Waals surface area contributed by atoms with Gasteiger partial charge in [-0.05, 0) is 56.1 Å². The number of benzene rings is 1. The van der Waals surface area contributed by atoms with Crippen LogP contribution in [0.4, 0.5) is 0 Å². The van der Waals surface area contributed by atoms with Crippen LogP contribution in [-0.4, -0.2) is 49.0 Å². The molecule has 0 aliphatic carbocycles. The smallest absolute Gasteiger partial charge is 0.272 e. The van der Waals surface area contributed by atoms with Crippen molar-refractivity contribution in [3.05, 3.63) is 40.8 Å². The Kier molecular flexibility index (Phi) is 3.50. The second-order valence-electron chi connectivity index (χ2n) is 7.29. The van der Waals surface area contributed by atoms with E-state index in [-0.39, 0.29) is 16.5 Å². The molecule has 2 aromatic heterocycles. The third-order valence-corrected chi connectivity index (χ3v) is 7.26. The number of pyridine rings is 1. The Labute approximate surface area is 150 Å². The maximum absolute atomic E-state index is 13.0. The molecule has 1 aromatic carbocycles. The molecule has 3 aliphatic heterocycles. The lowest BCUT2D eigenvalue weighted by Crippen LogP contribution is -2.57. The largest absolute Gasteiger partial charge is 0.357 e. The SMILES string of the molecule is O=c1[nH]c2ccc(S(=O)(=O)NC3CN4CCC3CC4)cc2c2cc[nH]c12. The zero-order valence-electron chi connectivity index (χ0n) is 14.2. The van der Waals surface area contributed by atoms with Crippen molar-refractivity contribution in [3.63, 3.8) is 0 Å². The van der Waals surface area contributed by atoms with Gasteiger partial charge >= 0.3 is 0 Å². The van der Waals surface area contributed by atoms with Crippen LogP contribution in [0, 0.1) is 5.92 Å². The van der Waals surface area contributed by atoms with Crippen LogP contribution in [-0.2, 0) is 10.0 Å². The molecular weight excluding hydrogens is 352 g/mol. The highest BCUT2D eigenvalue weighted by atomic mass is 32.2. The molecule has 3 aromatic rings. The number of H-pyrrole nitrogens is 2. The van der Waals surface area contributed by atoms with Crippen molar-refractivity contribution >= 4 is 31.8 Å². The average Bonchev–Trinajstić information content (AvgIpc) is 3.13. The van der Waals surface area contributed by atoms with Crippen molar-refractivity contribution in [1.29, 1.82) is 0 Å². The summed E-state index contributed by atoms with van der Waals surface area (Å²) in [6.45, 7) is 2.92. The van der Waals surface area contributed by atoms with Crippen molar-refractivity contribution in [2.75, 3.05) is 19.6 Å². The Hall–Kier alpha value is -2.16. The van der Waals surface area contributed by atoms with Crippen molar-refractivity contribution in [2.24, 2.45) is 5.92 Å². The van der Waals surface area contributed by atoms with Crippen LogP contribution in [0.3, 0.4) is 0 Å². The lowest BCUT2D eigenvalue weighted by Gasteiger charge is -2.44. The van der Waals surface area contributed by atoms with Gasteiger partial charge < -0.3 is 14.9 Å². The van der Waals surface area contributed by atoms with E-state index in [1.165, 1.54) is 0 Å². The van der Waals surface area contributed by atoms with Crippen LogP contribution >= 0.6 is 0 Å². The monoisotopic (exact) mass is 372 g/mol. The molecule has 2 bridgehead atoms. The third kappa shape index (κ3) is 2.48. The predicted molar refractivity (Wildman–Crippen MR) is 99.7 cm³/mol. The summed E-state index contributed by atoms with van der Waals surface area (Å²) in [7, 11) is -3.61. The molecule has 3 aliphatic rings. The summed E-state index contributed by atoms with van der Waals surface area (Å²) in [4.78, 5) is 20.3. The van der Waals surface area contributed by atoms with Crippen LogP contribution in [0.25, 0.3) is 21.8 Å². The summed E-state index contributed by atoms with van der Waals surface area (Å²) in [6.07, 6.45) is 3.79. The van der Waals surface area contributed by atoms with Gasteiger partial charge in [-0.15, -0.1) is 0 Å². The van der Waals surface area contributed by atoms with Gasteiger partial charge in [0, 0.05) is 35.1 Å². The molecule has 8 heteroatoms. The summed E-state index contributed by atoms with van der Waals surface area (Å²) < 4.78 is 28.8. The first-order chi connectivity index (χ1) is 12.5. The Balaban J connectivity index is 1.55. The van der Waals surface area contributed by atoms with Crippen LogP contribution in [0.5, 0.6) is 0 Å². The topological polar surface area (TPSA) is 98.1 Å². The second-order valence-corrected chi connectivity index (χ2v) is 9.01. The number of sulfonamides is 1. The molecule has 3 N–H and O–H groups in total. The molecule has 0 amide bonds. The van der Waals surface area contributed by atoms with Crippen LogP contribution in [0.2, 0.25) is 0 Å². The normalized spacial score (nSPS) is 25.9. The summed E-state index contributed by atoms with van der Waals surface area (Å²) in [6, 6.07) is 6.63. The first-order valence-electron chi connectivity index (χ1n) is 8.89. The number of aromatic amines is 2. The maximum Gasteiger partial charge on any atom is 0.272 e. The number of hydrogen-bond acceptors (Lipinski definition) is 4. The first kappa shape index (κ1) is 16.0. The minimum absolute atomic E-state index is 0.0268. The zero-order chi connectivity index (χ0) is 17.9. The van der Waals surface area contributed by atoms with Gasteiger partial charge in [0.2, 0.25) is 10.0 Å². The van der Waals surface area contributed by atoms with E-state index >= 15 is 0 Å². The van der Waals surface area contributed by atoms with Gasteiger partial charge in [-0.2, -0.15) is 0 Å². The van der Waals surface area contributed by atoms with Crippen molar-refractivity contribution in [1.82, 2.24) is 19.6 Å². The molecule has 5 heterocycles. The standard InChI is InChI=1S/C18H20N4O3S/c23-18-17-13(3-6-19-17)14-9-12(1-2-15(14)20-18)26(24,25)21-16-10-22-7-4-11(16)5-8-22/h1-3,6,9,11,16,19,21H,4-5,7-8,10H2,(H,20,23). The van der Waals surface area contributed by atoms with E-state index in [2.05, 4.69) is 19.6 Å². The average molecular weight is 372 g/mol. The van der Waals surface area contributed by atoms with Crippen LogP contribution < -0.4 is 10.3 Å². The van der Waals surface area contributed by atoms with Gasteiger partial charge in [0.25, 0.3) is 5.56 Å². The predicted octanol–water partition coefficient (Wildman–Crippen LogP) is 1.38. The highest BCUT2D eigenvalue weighted by molar-refractivity contribution is 7.89. The molecule has 1 unspecified atom stereocenters. The summed E-state index contributed by atoms with van der Waals surface area (Å²) >= 11 is 0. The van der Waals surface area contributed by atoms with Crippen LogP contribution in [0.15, 0.2) is 40.2 Å². The fourth-order valence-corrected chi connectivity index (χ4v) is 5.68. The minimum atomic E-state index is -3.61. The molecule has 7 nitrogen and oxygen atoms in total. The minimum Gasteiger partial charge on any atom is -0.357 e. The molecule has 136 valence electrons. The Morgan fingerprint density at radius 1 is 1.12 bits per heavy atom. The quantitative estimate of drug-likeness (QED) is 0.647. The molecule has 0 spiro atoms. The van der Waals surface area contributed by atoms with E-state index in [0.717, 1.165) is 43.2 Å². The second kappa shape index (κ2) is 5.67. The van der Waals surface area contributed by atoms with Gasteiger partial charge in [-0.25, -0.2) is 13.1 Å². The number of piperidine rings is 3. The van der Waals surface area contributed by atoms with Crippen LogP contribution in [0.1, 0.15) is 12.8 Å². The molecule has 0 saturated carbocycles. The summed E-state index contributed by atoms with van der Waals surface area (Å²) in [5.74, 6) is 0.419. The highest BCUT2D eigenvalue weighted by Crippen LogP contribution is 2.29. The molecule has 3 saturated heterocycles. The maximum atomic E-state index is 13.0. The molecule has 3 fully saturated rings. The third-order valence-electron chi connectivity index (χ3n) is 5.78. The van der Waals surface area contributed by atoms with Gasteiger partial charge in [-0.3, -0.25) is 4.79 Å². The van der Waals surface area contributed by atoms with E-state index in [9.17, 15) is 13.2 Å². The van der Waals surface area contributed by atoms with Crippen molar-refractivity contribution in [2.45, 2.75) is 23.8 Å². The van der Waals surface area contributed by atoms with E-state index < -0.39 is 10.0 Å². The first-order valence-corrected chi connectivity index (χ1v) is 10.4. The highest BCUT2D eigenvalue weighted by Gasteiger charge is 2.36. The van der Waals surface area contributed by atoms with Gasteiger partial charge in [-0.1, -0.05) is 0 Å². The van der Waals surface area contributed by atoms with Crippen molar-refractivity contribution < 1.29 is 8.42 Å². The van der Waals surface area contributed by atoms with E-state index in [1.54, 1.807) is 30.5 Å². The molecule has 26 heavy (non-hydrogen) atoms. The number of hydrogen-bond donors (Lipinski definition) is 3. The Bertz CT molecular complexity index is 1160. The molecule has 0 radical (unpaired) electrons. The number of fused-ring (bicyclic) bond motifs is 6. The van der Waals surface area contributed by atoms with Crippen molar-refractivity contribution in [3.8, 4) is 0 Å². The van der Waals surface area contributed by atoms with E-state index in [1.807, 2.05) is 0 Å². The summed E-state index contributed by atoms with van der Waals surface area (Å²) in [5, 5.41) is 1.45. The zero-order valence-corrected chi connectivity index (χ0v) is 15.0. The Morgan fingerprint density at radius 2 is 1.92 bits per heavy atom. The number of nitrogens with one attached hydrogen (secondary N) is 3. The number of rotatable bonds is 3. The fourth-order valence-electron chi connectivity index (χ4n) is 4.35. The fraction of sp³-hybridized carbons (Fsp3) is 0.389. The van der Waals surface area contributed by atoms with Gasteiger partial charge in [0.05, 0.1) is 4.90 Å². The van der Waals surface area contributed by atoms with Gasteiger partial charge in [0.1, 0.15) is 5.52 Å².